The van der Waals surface area contributed by atoms with Crippen LogP contribution < -0.4 is 0 Å². The molecule has 1 amide bonds. The van der Waals surface area contributed by atoms with Gasteiger partial charge in [-0.2, -0.15) is 0 Å². The lowest BCUT2D eigenvalue weighted by Gasteiger charge is -2.21. The fourth-order valence-electron chi connectivity index (χ4n) is 3.29. The minimum absolute atomic E-state index is 0.00831. The van der Waals surface area contributed by atoms with E-state index >= 15 is 0 Å². The van der Waals surface area contributed by atoms with Crippen LogP contribution in [0.4, 0.5) is 4.79 Å². The molecule has 0 atom stereocenters. The number of aliphatic imine (C=N–C) groups is 1. The first-order valence-electron chi connectivity index (χ1n) is 11.0. The molecule has 0 saturated heterocycles. The first-order chi connectivity index (χ1) is 17.2. The number of hydrogen-bond acceptors (Lipinski definition) is 5. The van der Waals surface area contributed by atoms with E-state index in [-0.39, 0.29) is 11.0 Å². The SMILES string of the molecule is Cc1ccccc1C(=O)c1ccc(Sc2ccc(/C(Cl)=N/OC(=O)N=C(N(C)C)N(C)C)cc2)cc1. The predicted octanol–water partition coefficient (Wildman–Crippen LogP) is 5.89. The Morgan fingerprint density at radius 3 is 1.86 bits per heavy atom. The third kappa shape index (κ3) is 7.19. The van der Waals surface area contributed by atoms with Gasteiger partial charge in [-0.05, 0) is 48.9 Å². The fraction of sp³-hybridized carbons (Fsp3) is 0.185. The summed E-state index contributed by atoms with van der Waals surface area (Å²) in [6.07, 6.45) is -0.873. The lowest BCUT2D eigenvalue weighted by Crippen LogP contribution is -2.36. The summed E-state index contributed by atoms with van der Waals surface area (Å²) < 4.78 is 0. The largest absolute Gasteiger partial charge is 0.463 e. The Balaban J connectivity index is 1.62. The number of carbonyl (C=O) groups excluding carboxylic acids is 2. The summed E-state index contributed by atoms with van der Waals surface area (Å²) in [5, 5.41) is 3.72. The van der Waals surface area contributed by atoms with Crippen LogP contribution in [0.5, 0.6) is 0 Å². The predicted molar refractivity (Wildman–Crippen MR) is 145 cm³/mol. The number of benzene rings is 3. The van der Waals surface area contributed by atoms with Gasteiger partial charge in [0.25, 0.3) is 0 Å². The third-order valence-electron chi connectivity index (χ3n) is 5.03. The van der Waals surface area contributed by atoms with Crippen LogP contribution in [0.15, 0.2) is 92.7 Å². The first kappa shape index (κ1) is 27.0. The van der Waals surface area contributed by atoms with Gasteiger partial charge in [-0.1, -0.05) is 64.9 Å². The zero-order valence-corrected chi connectivity index (χ0v) is 22.3. The smallest absolute Gasteiger partial charge is 0.348 e. The van der Waals surface area contributed by atoms with E-state index in [1.165, 1.54) is 0 Å². The van der Waals surface area contributed by atoms with Gasteiger partial charge < -0.3 is 9.80 Å². The van der Waals surface area contributed by atoms with Gasteiger partial charge in [0.15, 0.2) is 11.0 Å². The van der Waals surface area contributed by atoms with Crippen molar-refractivity contribution in [3.05, 3.63) is 95.1 Å². The molecule has 0 bridgehead atoms. The Morgan fingerprint density at radius 2 is 1.33 bits per heavy atom. The third-order valence-corrected chi connectivity index (χ3v) is 6.33. The number of rotatable bonds is 6. The van der Waals surface area contributed by atoms with Gasteiger partial charge >= 0.3 is 6.09 Å². The lowest BCUT2D eigenvalue weighted by atomic mass is 9.99. The quantitative estimate of drug-likeness (QED) is 0.132. The summed E-state index contributed by atoms with van der Waals surface area (Å²) in [7, 11) is 7.06. The van der Waals surface area contributed by atoms with Crippen LogP contribution in [-0.4, -0.2) is 61.0 Å². The molecule has 36 heavy (non-hydrogen) atoms. The number of hydrogen-bond donors (Lipinski definition) is 0. The summed E-state index contributed by atoms with van der Waals surface area (Å²) in [5.41, 5.74) is 2.91. The van der Waals surface area contributed by atoms with Crippen LogP contribution in [0.25, 0.3) is 0 Å². The second-order valence-electron chi connectivity index (χ2n) is 8.23. The van der Waals surface area contributed by atoms with Crippen molar-refractivity contribution in [3.63, 3.8) is 0 Å². The van der Waals surface area contributed by atoms with E-state index in [0.29, 0.717) is 22.6 Å². The highest BCUT2D eigenvalue weighted by Gasteiger charge is 2.12. The molecule has 0 aliphatic carbocycles. The number of oxime groups is 1. The molecule has 0 aliphatic rings. The minimum atomic E-state index is -0.873. The highest BCUT2D eigenvalue weighted by Crippen LogP contribution is 2.29. The van der Waals surface area contributed by atoms with E-state index in [1.807, 2.05) is 67.6 Å². The maximum atomic E-state index is 12.8. The second kappa shape index (κ2) is 12.4. The summed E-state index contributed by atoms with van der Waals surface area (Å²) in [5.74, 6) is 0.425. The number of halogens is 1. The molecule has 0 N–H and O–H groups in total. The van der Waals surface area contributed by atoms with Crippen LogP contribution in [0, 0.1) is 6.92 Å². The Bertz CT molecular complexity index is 1280. The lowest BCUT2D eigenvalue weighted by molar-refractivity contribution is 0.103. The van der Waals surface area contributed by atoms with Crippen LogP contribution in [0.2, 0.25) is 0 Å². The standard InChI is InChI=1S/C27H27ClN4O3S/c1-18-8-6-7-9-23(18)24(33)19-10-14-21(15-11-19)36-22-16-12-20(13-17-22)25(28)30-35-27(34)29-26(31(2)3)32(4)5/h6-17H,1-5H3/b30-25-. The Morgan fingerprint density at radius 1 is 0.806 bits per heavy atom. The summed E-state index contributed by atoms with van der Waals surface area (Å²) in [6.45, 7) is 1.93. The van der Waals surface area contributed by atoms with Gasteiger partial charge in [0.1, 0.15) is 0 Å². The molecular weight excluding hydrogens is 496 g/mol. The topological polar surface area (TPSA) is 74.6 Å². The monoisotopic (exact) mass is 522 g/mol. The molecule has 7 nitrogen and oxygen atoms in total. The molecule has 0 radical (unpaired) electrons. The molecule has 3 rings (SSSR count). The van der Waals surface area contributed by atoms with E-state index in [1.54, 1.807) is 61.9 Å². The van der Waals surface area contributed by atoms with Crippen LogP contribution >= 0.6 is 23.4 Å². The molecule has 0 aromatic heterocycles. The number of aryl methyl sites for hydroxylation is 1. The Labute approximate surface area is 220 Å². The van der Waals surface area contributed by atoms with E-state index in [0.717, 1.165) is 15.4 Å². The van der Waals surface area contributed by atoms with Crippen molar-refractivity contribution in [3.8, 4) is 0 Å². The van der Waals surface area contributed by atoms with Gasteiger partial charge in [0.05, 0.1) is 0 Å². The number of ketones is 1. The number of nitrogens with zero attached hydrogens (tertiary/aromatic N) is 4. The molecule has 0 unspecified atom stereocenters. The van der Waals surface area contributed by atoms with Gasteiger partial charge in [-0.3, -0.25) is 9.63 Å². The summed E-state index contributed by atoms with van der Waals surface area (Å²) in [4.78, 5) is 38.8. The fourth-order valence-corrected chi connectivity index (χ4v) is 4.26. The Hall–Kier alpha value is -3.62. The van der Waals surface area contributed by atoms with Crippen molar-refractivity contribution in [2.75, 3.05) is 28.2 Å². The molecule has 9 heteroatoms. The van der Waals surface area contributed by atoms with Crippen molar-refractivity contribution in [2.45, 2.75) is 16.7 Å². The van der Waals surface area contributed by atoms with E-state index in [2.05, 4.69) is 10.1 Å². The maximum Gasteiger partial charge on any atom is 0.463 e. The zero-order valence-electron chi connectivity index (χ0n) is 20.7. The van der Waals surface area contributed by atoms with E-state index in [9.17, 15) is 9.59 Å². The van der Waals surface area contributed by atoms with Crippen LogP contribution in [0.3, 0.4) is 0 Å². The second-order valence-corrected chi connectivity index (χ2v) is 9.74. The average molecular weight is 523 g/mol. The zero-order chi connectivity index (χ0) is 26.2. The van der Waals surface area contributed by atoms with Crippen molar-refractivity contribution in [1.82, 2.24) is 9.80 Å². The highest BCUT2D eigenvalue weighted by molar-refractivity contribution is 7.99. The van der Waals surface area contributed by atoms with Gasteiger partial charge in [0.2, 0.25) is 5.96 Å². The molecule has 0 saturated carbocycles. The molecule has 186 valence electrons. The summed E-state index contributed by atoms with van der Waals surface area (Å²) >= 11 is 7.75. The highest BCUT2D eigenvalue weighted by atomic mass is 35.5. The number of amides is 1. The molecule has 3 aromatic rings. The molecule has 0 heterocycles. The van der Waals surface area contributed by atoms with Gasteiger partial charge in [-0.25, -0.2) is 4.79 Å². The van der Waals surface area contributed by atoms with Gasteiger partial charge in [0, 0.05) is 54.7 Å². The van der Waals surface area contributed by atoms with Crippen LogP contribution in [-0.2, 0) is 4.84 Å². The maximum absolute atomic E-state index is 12.8. The molecular formula is C27H27ClN4O3S. The average Bonchev–Trinajstić information content (AvgIpc) is 2.86. The number of guanidine groups is 1. The van der Waals surface area contributed by atoms with Crippen molar-refractivity contribution >= 4 is 46.4 Å². The number of carbonyl (C=O) groups is 2. The molecule has 0 fully saturated rings. The summed E-state index contributed by atoms with van der Waals surface area (Å²) in [6, 6.07) is 22.4. The normalized spacial score (nSPS) is 11.0. The van der Waals surface area contributed by atoms with Crippen LogP contribution in [0.1, 0.15) is 27.0 Å². The Kier molecular flexibility index (Phi) is 9.27. The molecule has 3 aromatic carbocycles. The van der Waals surface area contributed by atoms with E-state index in [4.69, 9.17) is 16.4 Å². The van der Waals surface area contributed by atoms with Crippen molar-refractivity contribution in [2.24, 2.45) is 10.1 Å². The minimum Gasteiger partial charge on any atom is -0.348 e. The first-order valence-corrected chi connectivity index (χ1v) is 12.2. The van der Waals surface area contributed by atoms with E-state index < -0.39 is 6.09 Å². The molecule has 0 aliphatic heterocycles. The van der Waals surface area contributed by atoms with Gasteiger partial charge in [-0.15, -0.1) is 4.99 Å². The van der Waals surface area contributed by atoms with Crippen molar-refractivity contribution in [1.29, 1.82) is 0 Å². The van der Waals surface area contributed by atoms with Crippen molar-refractivity contribution < 1.29 is 14.4 Å². The molecule has 0 spiro atoms.